The molecule has 29 heavy (non-hydrogen) atoms. The number of hydrogen-bond donors (Lipinski definition) is 0. The molecule has 0 aromatic heterocycles. The van der Waals surface area contributed by atoms with Crippen LogP contribution in [0.25, 0.3) is 11.1 Å². The van der Waals surface area contributed by atoms with Crippen molar-refractivity contribution in [1.82, 2.24) is 9.91 Å². The highest BCUT2D eigenvalue weighted by molar-refractivity contribution is 5.98. The number of benzene rings is 3. The van der Waals surface area contributed by atoms with Crippen LogP contribution in [0.2, 0.25) is 0 Å². The fourth-order valence-corrected chi connectivity index (χ4v) is 4.55. The summed E-state index contributed by atoms with van der Waals surface area (Å²) in [5.41, 5.74) is 7.44. The zero-order valence-corrected chi connectivity index (χ0v) is 16.6. The molecule has 0 bridgehead atoms. The molecule has 1 fully saturated rings. The fraction of sp³-hybridized carbons (Fsp3) is 0.240. The van der Waals surface area contributed by atoms with Gasteiger partial charge >= 0.3 is 0 Å². The second-order valence-electron chi connectivity index (χ2n) is 7.76. The van der Waals surface area contributed by atoms with Gasteiger partial charge in [0.25, 0.3) is 0 Å². The number of fused-ring (bicyclic) bond motifs is 3. The average molecular weight is 385 g/mol. The molecule has 0 amide bonds. The van der Waals surface area contributed by atoms with Gasteiger partial charge in [0.15, 0.2) is 0 Å². The monoisotopic (exact) mass is 385 g/mol. The second kappa shape index (κ2) is 7.45. The van der Waals surface area contributed by atoms with E-state index in [1.165, 1.54) is 34.4 Å². The summed E-state index contributed by atoms with van der Waals surface area (Å²) in [4.78, 5) is 2.57. The third-order valence-corrected chi connectivity index (χ3v) is 6.01. The fourth-order valence-electron chi connectivity index (χ4n) is 4.55. The van der Waals surface area contributed by atoms with Gasteiger partial charge in [0.05, 0.1) is 11.8 Å². The minimum atomic E-state index is -0.215. The minimum absolute atomic E-state index is 0.215. The van der Waals surface area contributed by atoms with Gasteiger partial charge in [-0.1, -0.05) is 60.7 Å². The van der Waals surface area contributed by atoms with Crippen LogP contribution in [0, 0.1) is 5.82 Å². The summed E-state index contributed by atoms with van der Waals surface area (Å²) in [6, 6.07) is 24.4. The molecule has 1 aliphatic heterocycles. The quantitative estimate of drug-likeness (QED) is 0.595. The lowest BCUT2D eigenvalue weighted by Gasteiger charge is -2.37. The Labute approximate surface area is 171 Å². The van der Waals surface area contributed by atoms with Crippen LogP contribution in [-0.4, -0.2) is 41.8 Å². The minimum Gasteiger partial charge on any atom is -0.294 e. The van der Waals surface area contributed by atoms with Crippen molar-refractivity contribution >= 4 is 5.71 Å². The maximum Gasteiger partial charge on any atom is 0.123 e. The van der Waals surface area contributed by atoms with Crippen LogP contribution in [0.5, 0.6) is 0 Å². The topological polar surface area (TPSA) is 18.8 Å². The van der Waals surface area contributed by atoms with Crippen molar-refractivity contribution in [2.75, 3.05) is 26.2 Å². The molecule has 4 heteroatoms. The van der Waals surface area contributed by atoms with Crippen LogP contribution in [0.15, 0.2) is 77.9 Å². The summed E-state index contributed by atoms with van der Waals surface area (Å²) in [5.74, 6) is -0.215. The van der Waals surface area contributed by atoms with Gasteiger partial charge < -0.3 is 0 Å². The SMILES string of the molecule is C/C(=N/N1CCN(C2c3ccccc3-c3ccccc32)CC1)c1ccc(F)cc1. The lowest BCUT2D eigenvalue weighted by molar-refractivity contribution is 0.114. The first kappa shape index (κ1) is 18.1. The summed E-state index contributed by atoms with van der Waals surface area (Å²) in [5, 5.41) is 6.93. The van der Waals surface area contributed by atoms with E-state index in [-0.39, 0.29) is 5.82 Å². The molecule has 2 aliphatic rings. The highest BCUT2D eigenvalue weighted by atomic mass is 19.1. The standard InChI is InChI=1S/C25H24FN3/c1-18(19-10-12-20(26)13-11-19)27-29-16-14-28(15-17-29)25-23-8-4-2-6-21(23)22-7-3-5-9-24(22)25/h2-13,25H,14-17H2,1H3/b27-18-. The summed E-state index contributed by atoms with van der Waals surface area (Å²) in [6.07, 6.45) is 0. The van der Waals surface area contributed by atoms with Crippen molar-refractivity contribution < 1.29 is 4.39 Å². The Hall–Kier alpha value is -2.98. The van der Waals surface area contributed by atoms with E-state index in [9.17, 15) is 4.39 Å². The van der Waals surface area contributed by atoms with E-state index in [1.54, 1.807) is 12.1 Å². The number of piperazine rings is 1. The number of rotatable bonds is 3. The number of hydrazone groups is 1. The summed E-state index contributed by atoms with van der Waals surface area (Å²) in [7, 11) is 0. The summed E-state index contributed by atoms with van der Waals surface area (Å²) >= 11 is 0. The molecule has 0 unspecified atom stereocenters. The van der Waals surface area contributed by atoms with Gasteiger partial charge in [-0.25, -0.2) is 4.39 Å². The first-order chi connectivity index (χ1) is 14.2. The first-order valence-corrected chi connectivity index (χ1v) is 10.2. The van der Waals surface area contributed by atoms with E-state index in [1.807, 2.05) is 6.92 Å². The molecular weight excluding hydrogens is 361 g/mol. The molecule has 1 heterocycles. The van der Waals surface area contributed by atoms with E-state index in [2.05, 4.69) is 58.4 Å². The molecule has 0 N–H and O–H groups in total. The zero-order valence-electron chi connectivity index (χ0n) is 16.6. The third kappa shape index (κ3) is 3.34. The van der Waals surface area contributed by atoms with Crippen LogP contribution < -0.4 is 0 Å². The van der Waals surface area contributed by atoms with Crippen LogP contribution in [0.3, 0.4) is 0 Å². The van der Waals surface area contributed by atoms with E-state index in [4.69, 9.17) is 5.10 Å². The molecule has 5 rings (SSSR count). The Morgan fingerprint density at radius 1 is 0.793 bits per heavy atom. The molecule has 146 valence electrons. The van der Waals surface area contributed by atoms with Gasteiger partial charge in [-0.3, -0.25) is 9.91 Å². The highest BCUT2D eigenvalue weighted by Gasteiger charge is 2.33. The maximum absolute atomic E-state index is 13.2. The predicted octanol–water partition coefficient (Wildman–Crippen LogP) is 4.94. The smallest absolute Gasteiger partial charge is 0.123 e. The van der Waals surface area contributed by atoms with Crippen LogP contribution in [0.1, 0.15) is 29.7 Å². The zero-order chi connectivity index (χ0) is 19.8. The van der Waals surface area contributed by atoms with Crippen molar-refractivity contribution in [3.63, 3.8) is 0 Å². The van der Waals surface area contributed by atoms with Crippen molar-refractivity contribution in [1.29, 1.82) is 0 Å². The van der Waals surface area contributed by atoms with Gasteiger partial charge in [0.1, 0.15) is 5.82 Å². The van der Waals surface area contributed by atoms with Gasteiger partial charge in [0, 0.05) is 26.2 Å². The normalized spacial score (nSPS) is 17.3. The van der Waals surface area contributed by atoms with E-state index in [0.29, 0.717) is 6.04 Å². The van der Waals surface area contributed by atoms with Crippen molar-refractivity contribution in [2.45, 2.75) is 13.0 Å². The molecular formula is C25H24FN3. The largest absolute Gasteiger partial charge is 0.294 e. The second-order valence-corrected chi connectivity index (χ2v) is 7.76. The van der Waals surface area contributed by atoms with Crippen molar-refractivity contribution in [3.05, 3.63) is 95.3 Å². The summed E-state index contributed by atoms with van der Waals surface area (Å²) < 4.78 is 13.2. The van der Waals surface area contributed by atoms with Gasteiger partial charge in [-0.05, 0) is 46.9 Å². The Kier molecular flexibility index (Phi) is 4.64. The van der Waals surface area contributed by atoms with E-state index in [0.717, 1.165) is 37.5 Å². The van der Waals surface area contributed by atoms with Crippen molar-refractivity contribution in [3.8, 4) is 11.1 Å². The van der Waals surface area contributed by atoms with Crippen molar-refractivity contribution in [2.24, 2.45) is 5.10 Å². The molecule has 3 aromatic rings. The van der Waals surface area contributed by atoms with E-state index >= 15 is 0 Å². The summed E-state index contributed by atoms with van der Waals surface area (Å²) in [6.45, 7) is 5.70. The lowest BCUT2D eigenvalue weighted by Crippen LogP contribution is -2.45. The van der Waals surface area contributed by atoms with Gasteiger partial charge in [0.2, 0.25) is 0 Å². The van der Waals surface area contributed by atoms with E-state index < -0.39 is 0 Å². The molecule has 0 radical (unpaired) electrons. The molecule has 3 aromatic carbocycles. The molecule has 1 saturated heterocycles. The Balaban J connectivity index is 1.33. The van der Waals surface area contributed by atoms with Crippen LogP contribution >= 0.6 is 0 Å². The maximum atomic E-state index is 13.2. The number of hydrogen-bond acceptors (Lipinski definition) is 3. The molecule has 0 saturated carbocycles. The molecule has 0 atom stereocenters. The number of halogens is 1. The van der Waals surface area contributed by atoms with Gasteiger partial charge in [-0.15, -0.1) is 0 Å². The molecule has 1 aliphatic carbocycles. The lowest BCUT2D eigenvalue weighted by atomic mass is 10.0. The number of nitrogens with zero attached hydrogens (tertiary/aromatic N) is 3. The Bertz CT molecular complexity index is 1000. The van der Waals surface area contributed by atoms with Crippen LogP contribution in [0.4, 0.5) is 4.39 Å². The Morgan fingerprint density at radius 3 is 1.93 bits per heavy atom. The molecule has 3 nitrogen and oxygen atoms in total. The highest BCUT2D eigenvalue weighted by Crippen LogP contribution is 2.46. The predicted molar refractivity (Wildman–Crippen MR) is 115 cm³/mol. The average Bonchev–Trinajstić information content (AvgIpc) is 3.09. The third-order valence-electron chi connectivity index (χ3n) is 6.01. The van der Waals surface area contributed by atoms with Crippen LogP contribution in [-0.2, 0) is 0 Å². The van der Waals surface area contributed by atoms with Gasteiger partial charge in [-0.2, -0.15) is 5.10 Å². The molecule has 0 spiro atoms. The first-order valence-electron chi connectivity index (χ1n) is 10.2. The Morgan fingerprint density at radius 2 is 1.34 bits per heavy atom.